The van der Waals surface area contributed by atoms with Gasteiger partial charge in [-0.2, -0.15) is 17.5 Å². The quantitative estimate of drug-likeness (QED) is 0.893. The summed E-state index contributed by atoms with van der Waals surface area (Å²) in [7, 11) is -3.32. The number of alkyl halides is 3. The second-order valence-corrected chi connectivity index (χ2v) is 6.71. The summed E-state index contributed by atoms with van der Waals surface area (Å²) < 4.78 is 61.1. The molecule has 1 aromatic carbocycles. The van der Waals surface area contributed by atoms with Crippen molar-refractivity contribution in [2.45, 2.75) is 17.6 Å². The maximum absolute atomic E-state index is 12.2. The maximum Gasteiger partial charge on any atom is 0.402 e. The molecule has 9 heteroatoms. The van der Waals surface area contributed by atoms with Crippen LogP contribution in [-0.4, -0.2) is 32.5 Å². The smallest absolute Gasteiger partial charge is 0.326 e. The molecule has 2 N–H and O–H groups in total. The van der Waals surface area contributed by atoms with Crippen LogP contribution in [0.5, 0.6) is 0 Å². The monoisotopic (exact) mass is 360 g/mol. The van der Waals surface area contributed by atoms with Gasteiger partial charge in [-0.3, -0.25) is 0 Å². The molecule has 0 aliphatic carbocycles. The Bertz CT molecular complexity index is 560. The lowest BCUT2D eigenvalue weighted by Crippen LogP contribution is -2.36. The highest BCUT2D eigenvalue weighted by Gasteiger charge is 2.35. The van der Waals surface area contributed by atoms with Crippen LogP contribution in [0.15, 0.2) is 27.6 Å². The molecule has 0 radical (unpaired) electrons. The third-order valence-corrected chi connectivity index (χ3v) is 5.10. The second kappa shape index (κ2) is 5.78. The number of halogens is 4. The van der Waals surface area contributed by atoms with E-state index in [1.165, 1.54) is 18.2 Å². The number of hydrogen-bond donors (Lipinski definition) is 1. The van der Waals surface area contributed by atoms with Crippen LogP contribution in [0.4, 0.5) is 13.2 Å². The number of rotatable bonds is 4. The van der Waals surface area contributed by atoms with E-state index in [4.69, 9.17) is 5.73 Å². The predicted octanol–water partition coefficient (Wildman–Crippen LogP) is 2.09. The highest BCUT2D eigenvalue weighted by Crippen LogP contribution is 2.27. The first-order valence-electron chi connectivity index (χ1n) is 5.09. The van der Waals surface area contributed by atoms with E-state index in [1.807, 2.05) is 0 Å². The molecule has 108 valence electrons. The fourth-order valence-corrected chi connectivity index (χ4v) is 3.62. The molecule has 0 aromatic heterocycles. The van der Waals surface area contributed by atoms with Crippen LogP contribution in [0.1, 0.15) is 5.56 Å². The van der Waals surface area contributed by atoms with Crippen molar-refractivity contribution in [3.05, 3.63) is 28.2 Å². The zero-order valence-electron chi connectivity index (χ0n) is 9.91. The van der Waals surface area contributed by atoms with Gasteiger partial charge in [-0.25, -0.2) is 8.42 Å². The van der Waals surface area contributed by atoms with Crippen molar-refractivity contribution in [1.82, 2.24) is 4.31 Å². The van der Waals surface area contributed by atoms with Gasteiger partial charge in [0.25, 0.3) is 0 Å². The third kappa shape index (κ3) is 4.16. The summed E-state index contributed by atoms with van der Waals surface area (Å²) in [5.74, 6) is 0. The lowest BCUT2D eigenvalue weighted by Gasteiger charge is -2.19. The van der Waals surface area contributed by atoms with E-state index >= 15 is 0 Å². The lowest BCUT2D eigenvalue weighted by atomic mass is 10.2. The third-order valence-electron chi connectivity index (χ3n) is 2.32. The molecule has 4 nitrogen and oxygen atoms in total. The summed E-state index contributed by atoms with van der Waals surface area (Å²) in [6.07, 6.45) is -4.59. The van der Waals surface area contributed by atoms with Crippen LogP contribution in [0, 0.1) is 0 Å². The summed E-state index contributed by atoms with van der Waals surface area (Å²) in [6.45, 7) is -1.34. The molecule has 0 aliphatic heterocycles. The SMILES string of the molecule is CN(CC(F)(F)F)S(=O)(=O)c1ccc(CN)cc1Br. The van der Waals surface area contributed by atoms with Crippen molar-refractivity contribution >= 4 is 26.0 Å². The second-order valence-electron chi connectivity index (χ2n) is 3.85. The number of hydrogen-bond acceptors (Lipinski definition) is 3. The predicted molar refractivity (Wildman–Crippen MR) is 67.9 cm³/mol. The number of benzene rings is 1. The molecule has 0 fully saturated rings. The topological polar surface area (TPSA) is 63.4 Å². The molecule has 1 rings (SSSR count). The Morgan fingerprint density at radius 1 is 1.37 bits per heavy atom. The molecule has 0 saturated carbocycles. The standard InChI is InChI=1S/C10H12BrF3N2O2S/c1-16(6-10(12,13)14)19(17,18)9-3-2-7(5-15)4-8(9)11/h2-4H,5-6,15H2,1H3. The van der Waals surface area contributed by atoms with Crippen molar-refractivity contribution < 1.29 is 21.6 Å². The van der Waals surface area contributed by atoms with Gasteiger partial charge in [-0.05, 0) is 33.6 Å². The Labute approximate surface area is 117 Å². The first-order valence-corrected chi connectivity index (χ1v) is 7.33. The first kappa shape index (κ1) is 16.4. The summed E-state index contributed by atoms with van der Waals surface area (Å²) in [4.78, 5) is -0.226. The highest BCUT2D eigenvalue weighted by atomic mass is 79.9. The van der Waals surface area contributed by atoms with Crippen LogP contribution in [0.25, 0.3) is 0 Å². The van der Waals surface area contributed by atoms with Crippen LogP contribution < -0.4 is 5.73 Å². The van der Waals surface area contributed by atoms with E-state index in [0.29, 0.717) is 5.56 Å². The summed E-state index contributed by atoms with van der Waals surface area (Å²) >= 11 is 3.03. The summed E-state index contributed by atoms with van der Waals surface area (Å²) in [5, 5.41) is 0. The van der Waals surface area contributed by atoms with Gasteiger partial charge in [0.05, 0.1) is 4.90 Å². The molecule has 0 saturated heterocycles. The molecule has 19 heavy (non-hydrogen) atoms. The fourth-order valence-electron chi connectivity index (χ4n) is 1.39. The molecule has 1 aromatic rings. The Morgan fingerprint density at radius 2 is 1.95 bits per heavy atom. The molecular weight excluding hydrogens is 349 g/mol. The van der Waals surface area contributed by atoms with Crippen LogP contribution >= 0.6 is 15.9 Å². The van der Waals surface area contributed by atoms with Gasteiger partial charge < -0.3 is 5.73 Å². The van der Waals surface area contributed by atoms with Gasteiger partial charge in [0.1, 0.15) is 6.54 Å². The first-order chi connectivity index (χ1) is 8.58. The average molecular weight is 361 g/mol. The van der Waals surface area contributed by atoms with Gasteiger partial charge in [0.15, 0.2) is 0 Å². The van der Waals surface area contributed by atoms with Gasteiger partial charge in [-0.1, -0.05) is 6.07 Å². The Morgan fingerprint density at radius 3 is 2.37 bits per heavy atom. The maximum atomic E-state index is 12.2. The van der Waals surface area contributed by atoms with Crippen molar-refractivity contribution in [3.8, 4) is 0 Å². The molecule has 0 heterocycles. The molecule has 0 amide bonds. The Kier molecular flexibility index (Phi) is 4.99. The van der Waals surface area contributed by atoms with E-state index in [1.54, 1.807) is 0 Å². The van der Waals surface area contributed by atoms with E-state index in [9.17, 15) is 21.6 Å². The van der Waals surface area contributed by atoms with Gasteiger partial charge in [0.2, 0.25) is 10.0 Å². The van der Waals surface area contributed by atoms with Crippen molar-refractivity contribution in [2.75, 3.05) is 13.6 Å². The van der Waals surface area contributed by atoms with Crippen molar-refractivity contribution in [1.29, 1.82) is 0 Å². The number of sulfonamides is 1. The van der Waals surface area contributed by atoms with Crippen LogP contribution in [-0.2, 0) is 16.6 Å². The van der Waals surface area contributed by atoms with E-state index in [2.05, 4.69) is 15.9 Å². The van der Waals surface area contributed by atoms with Gasteiger partial charge in [-0.15, -0.1) is 0 Å². The molecule has 0 aliphatic rings. The summed E-state index contributed by atoms with van der Waals surface area (Å²) in [6, 6.07) is 4.15. The van der Waals surface area contributed by atoms with E-state index in [0.717, 1.165) is 7.05 Å². The molecule has 0 spiro atoms. The minimum atomic E-state index is -4.59. The highest BCUT2D eigenvalue weighted by molar-refractivity contribution is 9.10. The molecule has 0 bridgehead atoms. The van der Waals surface area contributed by atoms with Gasteiger partial charge >= 0.3 is 6.18 Å². The largest absolute Gasteiger partial charge is 0.402 e. The fraction of sp³-hybridized carbons (Fsp3) is 0.400. The van der Waals surface area contributed by atoms with Crippen LogP contribution in [0.3, 0.4) is 0 Å². The lowest BCUT2D eigenvalue weighted by molar-refractivity contribution is -0.134. The van der Waals surface area contributed by atoms with Crippen molar-refractivity contribution in [3.63, 3.8) is 0 Å². The Hall–Kier alpha value is -0.640. The zero-order valence-corrected chi connectivity index (χ0v) is 12.3. The average Bonchev–Trinajstić information content (AvgIpc) is 2.26. The normalized spacial score (nSPS) is 13.0. The summed E-state index contributed by atoms with van der Waals surface area (Å²) in [5.41, 5.74) is 6.06. The molecule has 0 unspecified atom stereocenters. The molecular formula is C10H12BrF3N2O2S. The Balaban J connectivity index is 3.13. The van der Waals surface area contributed by atoms with Crippen molar-refractivity contribution in [2.24, 2.45) is 5.73 Å². The minimum absolute atomic E-state index is 0.185. The van der Waals surface area contributed by atoms with E-state index in [-0.39, 0.29) is 20.2 Å². The van der Waals surface area contributed by atoms with Gasteiger partial charge in [0, 0.05) is 18.1 Å². The van der Waals surface area contributed by atoms with E-state index < -0.39 is 22.7 Å². The number of nitrogens with zero attached hydrogens (tertiary/aromatic N) is 1. The minimum Gasteiger partial charge on any atom is -0.326 e. The molecule has 0 atom stereocenters. The van der Waals surface area contributed by atoms with Crippen LogP contribution in [0.2, 0.25) is 0 Å². The number of nitrogens with two attached hydrogens (primary N) is 1. The zero-order chi connectivity index (χ0) is 14.8.